The normalized spacial score (nSPS) is 10.3. The Bertz CT molecular complexity index is 515. The maximum Gasteiger partial charge on any atom is 0.203 e. The minimum Gasteiger partial charge on any atom is -0.493 e. The van der Waals surface area contributed by atoms with Gasteiger partial charge in [0.25, 0.3) is 0 Å². The van der Waals surface area contributed by atoms with E-state index in [0.717, 1.165) is 17.0 Å². The van der Waals surface area contributed by atoms with Crippen LogP contribution in [-0.2, 0) is 13.2 Å². The second kappa shape index (κ2) is 7.17. The van der Waals surface area contributed by atoms with E-state index < -0.39 is 0 Å². The van der Waals surface area contributed by atoms with Gasteiger partial charge in [-0.05, 0) is 36.2 Å². The van der Waals surface area contributed by atoms with Gasteiger partial charge in [0, 0.05) is 11.4 Å². The standard InChI is InChI=1S/C15H19NO3S/c1-16-9-11-7-13(17-2)15(14(8-11)18-3)19-10-12-5-4-6-20-12/h4-8,16H,9-10H2,1-3H3. The molecule has 1 heterocycles. The fourth-order valence-corrected chi connectivity index (χ4v) is 2.54. The first-order valence-electron chi connectivity index (χ1n) is 6.33. The van der Waals surface area contributed by atoms with Crippen molar-refractivity contribution in [1.29, 1.82) is 0 Å². The molecule has 0 unspecified atom stereocenters. The lowest BCUT2D eigenvalue weighted by atomic mass is 10.2. The predicted molar refractivity (Wildman–Crippen MR) is 81.0 cm³/mol. The Kier molecular flexibility index (Phi) is 5.26. The fourth-order valence-electron chi connectivity index (χ4n) is 1.92. The molecule has 0 aliphatic carbocycles. The molecule has 1 N–H and O–H groups in total. The quantitative estimate of drug-likeness (QED) is 0.851. The summed E-state index contributed by atoms with van der Waals surface area (Å²) in [5.41, 5.74) is 1.09. The lowest BCUT2D eigenvalue weighted by Gasteiger charge is -2.15. The van der Waals surface area contributed by atoms with Crippen LogP contribution in [0.25, 0.3) is 0 Å². The minimum atomic E-state index is 0.510. The van der Waals surface area contributed by atoms with E-state index in [1.165, 1.54) is 0 Å². The van der Waals surface area contributed by atoms with E-state index in [1.807, 2.05) is 36.7 Å². The van der Waals surface area contributed by atoms with Crippen molar-refractivity contribution in [2.45, 2.75) is 13.2 Å². The molecule has 0 aliphatic heterocycles. The molecule has 0 saturated heterocycles. The third kappa shape index (κ3) is 3.43. The topological polar surface area (TPSA) is 39.7 Å². The summed E-state index contributed by atoms with van der Waals surface area (Å²) < 4.78 is 16.7. The van der Waals surface area contributed by atoms with Crippen molar-refractivity contribution in [3.8, 4) is 17.2 Å². The zero-order valence-corrected chi connectivity index (χ0v) is 12.8. The number of hydrogen-bond donors (Lipinski definition) is 1. The summed E-state index contributed by atoms with van der Waals surface area (Å²) in [4.78, 5) is 1.16. The van der Waals surface area contributed by atoms with Crippen LogP contribution in [0.5, 0.6) is 17.2 Å². The molecule has 4 nitrogen and oxygen atoms in total. The van der Waals surface area contributed by atoms with Gasteiger partial charge >= 0.3 is 0 Å². The zero-order valence-electron chi connectivity index (χ0n) is 11.9. The number of methoxy groups -OCH3 is 2. The lowest BCUT2D eigenvalue weighted by molar-refractivity contribution is 0.268. The lowest BCUT2D eigenvalue weighted by Crippen LogP contribution is -2.06. The highest BCUT2D eigenvalue weighted by Crippen LogP contribution is 2.39. The number of ether oxygens (including phenoxy) is 3. The average molecular weight is 293 g/mol. The molecule has 0 amide bonds. The van der Waals surface area contributed by atoms with Crippen LogP contribution in [0, 0.1) is 0 Å². The maximum absolute atomic E-state index is 5.87. The molecular formula is C15H19NO3S. The molecule has 0 spiro atoms. The summed E-state index contributed by atoms with van der Waals surface area (Å²) >= 11 is 1.66. The van der Waals surface area contributed by atoms with Crippen LogP contribution in [0.4, 0.5) is 0 Å². The van der Waals surface area contributed by atoms with Crippen LogP contribution in [0.15, 0.2) is 29.6 Å². The van der Waals surface area contributed by atoms with Crippen molar-refractivity contribution < 1.29 is 14.2 Å². The highest BCUT2D eigenvalue weighted by molar-refractivity contribution is 7.09. The number of benzene rings is 1. The first-order chi connectivity index (χ1) is 9.78. The molecule has 1 aromatic carbocycles. The van der Waals surface area contributed by atoms with Crippen LogP contribution >= 0.6 is 11.3 Å². The smallest absolute Gasteiger partial charge is 0.203 e. The van der Waals surface area contributed by atoms with Gasteiger partial charge in [-0.25, -0.2) is 0 Å². The van der Waals surface area contributed by atoms with Crippen LogP contribution < -0.4 is 19.5 Å². The van der Waals surface area contributed by atoms with E-state index in [4.69, 9.17) is 14.2 Å². The summed E-state index contributed by atoms with van der Waals surface area (Å²) in [5, 5.41) is 5.14. The first kappa shape index (κ1) is 14.7. The largest absolute Gasteiger partial charge is 0.493 e. The molecule has 2 aromatic rings. The Morgan fingerprint density at radius 2 is 1.85 bits per heavy atom. The Hall–Kier alpha value is -1.72. The van der Waals surface area contributed by atoms with Gasteiger partial charge in [-0.15, -0.1) is 11.3 Å². The fraction of sp³-hybridized carbons (Fsp3) is 0.333. The molecular weight excluding hydrogens is 274 g/mol. The molecule has 108 valence electrons. The Labute approximate surface area is 123 Å². The summed E-state index contributed by atoms with van der Waals surface area (Å²) in [6.45, 7) is 1.26. The molecule has 0 fully saturated rings. The first-order valence-corrected chi connectivity index (χ1v) is 7.21. The van der Waals surface area contributed by atoms with E-state index in [1.54, 1.807) is 25.6 Å². The van der Waals surface area contributed by atoms with Gasteiger partial charge in [0.15, 0.2) is 11.5 Å². The summed E-state index contributed by atoms with van der Waals surface area (Å²) in [6.07, 6.45) is 0. The molecule has 20 heavy (non-hydrogen) atoms. The average Bonchev–Trinajstić information content (AvgIpc) is 2.98. The van der Waals surface area contributed by atoms with Crippen molar-refractivity contribution in [3.63, 3.8) is 0 Å². The van der Waals surface area contributed by atoms with Gasteiger partial charge in [-0.3, -0.25) is 0 Å². The van der Waals surface area contributed by atoms with E-state index in [9.17, 15) is 0 Å². The Morgan fingerprint density at radius 1 is 1.15 bits per heavy atom. The van der Waals surface area contributed by atoms with Crippen molar-refractivity contribution in [1.82, 2.24) is 5.32 Å². The van der Waals surface area contributed by atoms with Crippen LogP contribution in [0.1, 0.15) is 10.4 Å². The Balaban J connectivity index is 2.24. The number of nitrogens with one attached hydrogen (secondary N) is 1. The molecule has 0 aliphatic rings. The molecule has 0 bridgehead atoms. The third-order valence-corrected chi connectivity index (χ3v) is 3.69. The highest BCUT2D eigenvalue weighted by atomic mass is 32.1. The molecule has 0 atom stereocenters. The van der Waals surface area contributed by atoms with Crippen LogP contribution in [0.2, 0.25) is 0 Å². The van der Waals surface area contributed by atoms with Gasteiger partial charge in [0.1, 0.15) is 6.61 Å². The van der Waals surface area contributed by atoms with Gasteiger partial charge < -0.3 is 19.5 Å². The maximum atomic E-state index is 5.87. The second-order valence-electron chi connectivity index (χ2n) is 4.23. The summed E-state index contributed by atoms with van der Waals surface area (Å²) in [6, 6.07) is 7.97. The van der Waals surface area contributed by atoms with E-state index >= 15 is 0 Å². The number of thiophene rings is 1. The van der Waals surface area contributed by atoms with Crippen LogP contribution in [-0.4, -0.2) is 21.3 Å². The molecule has 2 rings (SSSR count). The van der Waals surface area contributed by atoms with Crippen LogP contribution in [0.3, 0.4) is 0 Å². The summed E-state index contributed by atoms with van der Waals surface area (Å²) in [5.74, 6) is 2.01. The van der Waals surface area contributed by atoms with E-state index in [2.05, 4.69) is 5.32 Å². The van der Waals surface area contributed by atoms with Gasteiger partial charge in [0.2, 0.25) is 5.75 Å². The molecule has 0 saturated carbocycles. The molecule has 1 aromatic heterocycles. The van der Waals surface area contributed by atoms with E-state index in [0.29, 0.717) is 23.9 Å². The van der Waals surface area contributed by atoms with Gasteiger partial charge in [-0.2, -0.15) is 0 Å². The minimum absolute atomic E-state index is 0.510. The number of hydrogen-bond acceptors (Lipinski definition) is 5. The van der Waals surface area contributed by atoms with Gasteiger partial charge in [0.05, 0.1) is 14.2 Å². The van der Waals surface area contributed by atoms with E-state index in [-0.39, 0.29) is 0 Å². The van der Waals surface area contributed by atoms with Gasteiger partial charge in [-0.1, -0.05) is 6.07 Å². The van der Waals surface area contributed by atoms with Crippen molar-refractivity contribution in [2.24, 2.45) is 0 Å². The SMILES string of the molecule is CNCc1cc(OC)c(OCc2cccs2)c(OC)c1. The summed E-state index contributed by atoms with van der Waals surface area (Å²) in [7, 11) is 5.17. The molecule has 5 heteroatoms. The molecule has 0 radical (unpaired) electrons. The van der Waals surface area contributed by atoms with Crippen molar-refractivity contribution in [2.75, 3.05) is 21.3 Å². The third-order valence-electron chi connectivity index (χ3n) is 2.84. The monoisotopic (exact) mass is 293 g/mol. The Morgan fingerprint density at radius 3 is 2.35 bits per heavy atom. The highest BCUT2D eigenvalue weighted by Gasteiger charge is 2.14. The van der Waals surface area contributed by atoms with Crippen molar-refractivity contribution in [3.05, 3.63) is 40.1 Å². The predicted octanol–water partition coefficient (Wildman–Crippen LogP) is 3.06. The zero-order chi connectivity index (χ0) is 14.4. The number of rotatable bonds is 7. The second-order valence-corrected chi connectivity index (χ2v) is 5.26. The van der Waals surface area contributed by atoms with Crippen molar-refractivity contribution >= 4 is 11.3 Å².